The Hall–Kier alpha value is 0.314. The van der Waals surface area contributed by atoms with E-state index in [2.05, 4.69) is 13.0 Å². The van der Waals surface area contributed by atoms with E-state index in [0.29, 0.717) is 0 Å². The van der Waals surface area contributed by atoms with Crippen molar-refractivity contribution in [2.75, 3.05) is 0 Å². The van der Waals surface area contributed by atoms with Crippen molar-refractivity contribution in [2.24, 2.45) is 0 Å². The van der Waals surface area contributed by atoms with Gasteiger partial charge in [-0.25, -0.2) is 0 Å². The molecule has 0 spiro atoms. The van der Waals surface area contributed by atoms with E-state index in [-0.39, 0.29) is 24.8 Å². The van der Waals surface area contributed by atoms with Crippen LogP contribution in [-0.4, -0.2) is 0 Å². The van der Waals surface area contributed by atoms with Crippen LogP contribution < -0.4 is 3.32 Å². The molecule has 0 fully saturated rings. The average Bonchev–Trinajstić information content (AvgIpc) is 1.88. The Morgan fingerprint density at radius 1 is 1.17 bits per heavy atom. The van der Waals surface area contributed by atoms with Crippen LogP contribution >= 0.6 is 24.8 Å². The first-order valence-electron chi connectivity index (χ1n) is 3.15. The Balaban J connectivity index is 0. The van der Waals surface area contributed by atoms with Crippen molar-refractivity contribution < 1.29 is 24.1 Å². The molecule has 0 N–H and O–H groups in total. The SMILES string of the molecule is Cc1ccc([O][Ti])c(C)c1.Cl.Cl. The summed E-state index contributed by atoms with van der Waals surface area (Å²) in [6.07, 6.45) is 0. The summed E-state index contributed by atoms with van der Waals surface area (Å²) in [6.45, 7) is 4.12. The first kappa shape index (κ1) is 14.8. The van der Waals surface area contributed by atoms with Gasteiger partial charge in [-0.2, -0.15) is 0 Å². The molecule has 1 rings (SSSR count). The molecule has 67 valence electrons. The largest absolute Gasteiger partial charge is 0.147 e. The second-order valence-electron chi connectivity index (χ2n) is 2.37. The zero-order chi connectivity index (χ0) is 7.56. The maximum absolute atomic E-state index is 5.10. The fourth-order valence-electron chi connectivity index (χ4n) is 0.914. The number of halogens is 2. The molecule has 4 heteroatoms. The van der Waals surface area contributed by atoms with Gasteiger partial charge < -0.3 is 0 Å². The molecule has 0 atom stereocenters. The molecule has 0 aliphatic heterocycles. The van der Waals surface area contributed by atoms with Crippen LogP contribution in [-0.2, 0) is 20.8 Å². The summed E-state index contributed by atoms with van der Waals surface area (Å²) in [6, 6.07) is 6.15. The van der Waals surface area contributed by atoms with Crippen LogP contribution in [0.1, 0.15) is 11.1 Å². The van der Waals surface area contributed by atoms with Crippen LogP contribution in [0.3, 0.4) is 0 Å². The van der Waals surface area contributed by atoms with Gasteiger partial charge in [0.25, 0.3) is 0 Å². The molecule has 0 amide bonds. The minimum atomic E-state index is 0. The van der Waals surface area contributed by atoms with Gasteiger partial charge in [-0.1, -0.05) is 0 Å². The maximum atomic E-state index is 5.10. The minimum Gasteiger partial charge on any atom is -0.147 e. The summed E-state index contributed by atoms with van der Waals surface area (Å²) < 4.78 is 5.10. The van der Waals surface area contributed by atoms with Crippen LogP contribution in [0.15, 0.2) is 18.2 Å². The third-order valence-electron chi connectivity index (χ3n) is 1.44. The second-order valence-corrected chi connectivity index (χ2v) is 2.69. The Labute approximate surface area is 97.6 Å². The molecule has 0 aliphatic rings. The van der Waals surface area contributed by atoms with E-state index in [1.54, 1.807) is 20.8 Å². The zero-order valence-electron chi connectivity index (χ0n) is 6.96. The normalized spacial score (nSPS) is 7.75. The Kier molecular flexibility index (Phi) is 8.38. The van der Waals surface area contributed by atoms with Crippen LogP contribution in [0.25, 0.3) is 0 Å². The van der Waals surface area contributed by atoms with Gasteiger partial charge in [-0.05, 0) is 0 Å². The molecule has 0 saturated heterocycles. The molecule has 1 nitrogen and oxygen atoms in total. The van der Waals surface area contributed by atoms with E-state index >= 15 is 0 Å². The number of rotatable bonds is 1. The van der Waals surface area contributed by atoms with Gasteiger partial charge in [0.2, 0.25) is 0 Å². The molecular weight excluding hydrogens is 231 g/mol. The minimum absolute atomic E-state index is 0. The molecule has 0 aromatic heterocycles. The van der Waals surface area contributed by atoms with E-state index < -0.39 is 0 Å². The summed E-state index contributed by atoms with van der Waals surface area (Å²) in [5, 5.41) is 0. The number of hydrogen-bond acceptors (Lipinski definition) is 1. The van der Waals surface area contributed by atoms with E-state index in [1.807, 2.05) is 19.1 Å². The molecule has 1 aromatic rings. The van der Waals surface area contributed by atoms with Crippen molar-refractivity contribution in [1.82, 2.24) is 0 Å². The zero-order valence-corrected chi connectivity index (χ0v) is 10.2. The average molecular weight is 242 g/mol. The Bertz CT molecular complexity index is 240. The van der Waals surface area contributed by atoms with Crippen molar-refractivity contribution in [2.45, 2.75) is 13.8 Å². The van der Waals surface area contributed by atoms with Gasteiger partial charge >= 0.3 is 73.1 Å². The number of aryl methyl sites for hydroxylation is 2. The second kappa shape index (κ2) is 6.79. The topological polar surface area (TPSA) is 9.23 Å². The quantitative estimate of drug-likeness (QED) is 0.687. The Morgan fingerprint density at radius 3 is 2.17 bits per heavy atom. The molecule has 0 unspecified atom stereocenters. The van der Waals surface area contributed by atoms with Crippen molar-refractivity contribution in [3.05, 3.63) is 29.3 Å². The molecule has 0 saturated carbocycles. The predicted molar refractivity (Wildman–Crippen MR) is 51.0 cm³/mol. The third kappa shape index (κ3) is 3.82. The van der Waals surface area contributed by atoms with Crippen molar-refractivity contribution in [3.8, 4) is 5.75 Å². The van der Waals surface area contributed by atoms with E-state index in [1.165, 1.54) is 11.1 Å². The molecular formula is C8H11Cl2OTi. The third-order valence-corrected chi connectivity index (χ3v) is 1.78. The smallest absolute Gasteiger partial charge is 0.147 e. The van der Waals surface area contributed by atoms with Crippen molar-refractivity contribution in [1.29, 1.82) is 0 Å². The monoisotopic (exact) mass is 241 g/mol. The van der Waals surface area contributed by atoms with Gasteiger partial charge in [0, 0.05) is 0 Å². The van der Waals surface area contributed by atoms with Gasteiger partial charge in [0.15, 0.2) is 0 Å². The molecule has 0 radical (unpaired) electrons. The summed E-state index contributed by atoms with van der Waals surface area (Å²) in [5.41, 5.74) is 2.47. The van der Waals surface area contributed by atoms with Gasteiger partial charge in [-0.3, -0.25) is 0 Å². The molecule has 12 heavy (non-hydrogen) atoms. The van der Waals surface area contributed by atoms with E-state index in [4.69, 9.17) is 3.32 Å². The fraction of sp³-hybridized carbons (Fsp3) is 0.250. The first-order valence-corrected chi connectivity index (χ1v) is 3.78. The van der Waals surface area contributed by atoms with Crippen molar-refractivity contribution in [3.63, 3.8) is 0 Å². The van der Waals surface area contributed by atoms with Gasteiger partial charge in [-0.15, -0.1) is 24.8 Å². The maximum Gasteiger partial charge on any atom is -0.147 e. The van der Waals surface area contributed by atoms with E-state index in [9.17, 15) is 0 Å². The summed E-state index contributed by atoms with van der Waals surface area (Å²) in [4.78, 5) is 0. The predicted octanol–water partition coefficient (Wildman–Crippen LogP) is 2.99. The van der Waals surface area contributed by atoms with Gasteiger partial charge in [0.05, 0.1) is 0 Å². The van der Waals surface area contributed by atoms with Crippen molar-refractivity contribution >= 4 is 24.8 Å². The van der Waals surface area contributed by atoms with Crippen LogP contribution in [0.5, 0.6) is 5.75 Å². The van der Waals surface area contributed by atoms with Crippen LogP contribution in [0, 0.1) is 13.8 Å². The van der Waals surface area contributed by atoms with E-state index in [0.717, 1.165) is 5.75 Å². The number of hydrogen-bond donors (Lipinski definition) is 0. The molecule has 0 aliphatic carbocycles. The Morgan fingerprint density at radius 2 is 1.75 bits per heavy atom. The number of benzene rings is 1. The molecule has 1 aromatic carbocycles. The molecule has 0 bridgehead atoms. The fourth-order valence-corrected chi connectivity index (χ4v) is 1.27. The summed E-state index contributed by atoms with van der Waals surface area (Å²) in [7, 11) is 0. The van der Waals surface area contributed by atoms with Crippen LogP contribution in [0.2, 0.25) is 0 Å². The molecule has 0 heterocycles. The first-order chi connectivity index (χ1) is 4.74. The standard InChI is InChI=1S/C8H10O.2ClH.Ti/c1-6-3-4-8(9)7(2)5-6;;;/h3-5,9H,1-2H3;2*1H;/q;;;+1/p-1. The summed E-state index contributed by atoms with van der Waals surface area (Å²) >= 11 is 1.69. The summed E-state index contributed by atoms with van der Waals surface area (Å²) in [5.74, 6) is 0.964. The van der Waals surface area contributed by atoms with Crippen LogP contribution in [0.4, 0.5) is 0 Å². The van der Waals surface area contributed by atoms with Gasteiger partial charge in [0.1, 0.15) is 0 Å².